The first-order chi connectivity index (χ1) is 5.59. The van der Waals surface area contributed by atoms with Gasteiger partial charge in [-0.05, 0) is 19.9 Å². The van der Waals surface area contributed by atoms with Crippen molar-refractivity contribution in [3.05, 3.63) is 35.8 Å². The largest absolute Gasteiger partial charge is 0.469 e. The average molecular weight is 164 g/mol. The van der Waals surface area contributed by atoms with Crippen molar-refractivity contribution in [2.24, 2.45) is 0 Å². The number of hydrogen-bond acceptors (Lipinski definition) is 2. The lowest BCUT2D eigenvalue weighted by molar-refractivity contribution is 0.0992. The summed E-state index contributed by atoms with van der Waals surface area (Å²) in [7, 11) is 0. The van der Waals surface area contributed by atoms with Gasteiger partial charge in [0.25, 0.3) is 0 Å². The molecule has 1 rings (SSSR count). The molecule has 0 saturated carbocycles. The number of furan rings is 1. The van der Waals surface area contributed by atoms with Crippen molar-refractivity contribution >= 4 is 5.78 Å². The fraction of sp³-hybridized carbons (Fsp3) is 0.300. The molecule has 0 aliphatic rings. The number of ketones is 1. The molecule has 0 N–H and O–H groups in total. The summed E-state index contributed by atoms with van der Waals surface area (Å²) >= 11 is 0. The van der Waals surface area contributed by atoms with Crippen molar-refractivity contribution in [3.63, 3.8) is 0 Å². The van der Waals surface area contributed by atoms with E-state index in [4.69, 9.17) is 4.42 Å². The zero-order valence-electron chi connectivity index (χ0n) is 7.39. The summed E-state index contributed by atoms with van der Waals surface area (Å²) in [5.41, 5.74) is 1.51. The second-order valence-electron chi connectivity index (χ2n) is 3.00. The SMILES string of the molecule is C=C(C)CC(=O)c1coc(C)c1. The van der Waals surface area contributed by atoms with E-state index >= 15 is 0 Å². The van der Waals surface area contributed by atoms with Gasteiger partial charge in [-0.15, -0.1) is 0 Å². The van der Waals surface area contributed by atoms with Crippen molar-refractivity contribution in [3.8, 4) is 0 Å². The lowest BCUT2D eigenvalue weighted by Gasteiger charge is -1.94. The van der Waals surface area contributed by atoms with Gasteiger partial charge in [-0.1, -0.05) is 12.2 Å². The summed E-state index contributed by atoms with van der Waals surface area (Å²) in [5.74, 6) is 0.833. The summed E-state index contributed by atoms with van der Waals surface area (Å²) in [6.45, 7) is 7.33. The van der Waals surface area contributed by atoms with Gasteiger partial charge in [0.2, 0.25) is 0 Å². The second kappa shape index (κ2) is 3.39. The molecule has 2 nitrogen and oxygen atoms in total. The standard InChI is InChI=1S/C10H12O2/c1-7(2)4-10(11)9-5-8(3)12-6-9/h5-6H,1,4H2,2-3H3. The van der Waals surface area contributed by atoms with Gasteiger partial charge in [0, 0.05) is 6.42 Å². The third-order valence-electron chi connectivity index (χ3n) is 1.51. The number of Topliss-reactive ketones (excluding diaryl/α,β-unsaturated/α-hetero) is 1. The van der Waals surface area contributed by atoms with Crippen LogP contribution in [-0.2, 0) is 0 Å². The quantitative estimate of drug-likeness (QED) is 0.508. The van der Waals surface area contributed by atoms with Crippen LogP contribution < -0.4 is 0 Å². The van der Waals surface area contributed by atoms with Gasteiger partial charge < -0.3 is 4.42 Å². The van der Waals surface area contributed by atoms with Gasteiger partial charge >= 0.3 is 0 Å². The highest BCUT2D eigenvalue weighted by molar-refractivity contribution is 5.97. The Morgan fingerprint density at radius 2 is 2.33 bits per heavy atom. The molecule has 0 fully saturated rings. The lowest BCUT2D eigenvalue weighted by Crippen LogP contribution is -1.96. The molecule has 64 valence electrons. The van der Waals surface area contributed by atoms with E-state index in [1.54, 1.807) is 6.07 Å². The fourth-order valence-electron chi connectivity index (χ4n) is 0.966. The van der Waals surface area contributed by atoms with E-state index < -0.39 is 0 Å². The number of hydrogen-bond donors (Lipinski definition) is 0. The molecule has 0 aromatic carbocycles. The van der Waals surface area contributed by atoms with Crippen LogP contribution in [0.1, 0.15) is 29.5 Å². The molecule has 0 saturated heterocycles. The number of rotatable bonds is 3. The van der Waals surface area contributed by atoms with Crippen molar-refractivity contribution in [2.45, 2.75) is 20.3 Å². The lowest BCUT2D eigenvalue weighted by atomic mass is 10.1. The Morgan fingerprint density at radius 3 is 2.75 bits per heavy atom. The molecule has 2 heteroatoms. The summed E-state index contributed by atoms with van der Waals surface area (Å²) < 4.78 is 5.02. The topological polar surface area (TPSA) is 30.2 Å². The van der Waals surface area contributed by atoms with Crippen LogP contribution in [0.2, 0.25) is 0 Å². The minimum Gasteiger partial charge on any atom is -0.469 e. The third kappa shape index (κ3) is 2.09. The molecule has 0 spiro atoms. The fourth-order valence-corrected chi connectivity index (χ4v) is 0.966. The summed E-state index contributed by atoms with van der Waals surface area (Å²) in [4.78, 5) is 11.3. The Kier molecular flexibility index (Phi) is 2.48. The summed E-state index contributed by atoms with van der Waals surface area (Å²) in [5, 5.41) is 0. The zero-order valence-corrected chi connectivity index (χ0v) is 7.39. The van der Waals surface area contributed by atoms with Gasteiger partial charge in [-0.3, -0.25) is 4.79 Å². The van der Waals surface area contributed by atoms with Crippen LogP contribution >= 0.6 is 0 Å². The molecule has 1 heterocycles. The van der Waals surface area contributed by atoms with Gasteiger partial charge in [-0.2, -0.15) is 0 Å². The first-order valence-corrected chi connectivity index (χ1v) is 3.82. The van der Waals surface area contributed by atoms with Crippen molar-refractivity contribution in [1.82, 2.24) is 0 Å². The van der Waals surface area contributed by atoms with Gasteiger partial charge in [-0.25, -0.2) is 0 Å². The van der Waals surface area contributed by atoms with Crippen LogP contribution in [0.3, 0.4) is 0 Å². The van der Waals surface area contributed by atoms with E-state index in [9.17, 15) is 4.79 Å². The van der Waals surface area contributed by atoms with Crippen LogP contribution in [0.25, 0.3) is 0 Å². The van der Waals surface area contributed by atoms with Gasteiger partial charge in [0.1, 0.15) is 12.0 Å². The molecular weight excluding hydrogens is 152 g/mol. The highest BCUT2D eigenvalue weighted by Crippen LogP contribution is 2.11. The third-order valence-corrected chi connectivity index (χ3v) is 1.51. The van der Waals surface area contributed by atoms with E-state index in [-0.39, 0.29) is 5.78 Å². The Morgan fingerprint density at radius 1 is 1.67 bits per heavy atom. The first kappa shape index (κ1) is 8.78. The number of aryl methyl sites for hydroxylation is 1. The predicted molar refractivity (Wildman–Crippen MR) is 47.2 cm³/mol. The van der Waals surface area contributed by atoms with Crippen molar-refractivity contribution < 1.29 is 9.21 Å². The van der Waals surface area contributed by atoms with Crippen LogP contribution in [0, 0.1) is 6.92 Å². The molecule has 0 aliphatic carbocycles. The van der Waals surface area contributed by atoms with E-state index in [0.29, 0.717) is 12.0 Å². The van der Waals surface area contributed by atoms with E-state index in [0.717, 1.165) is 11.3 Å². The van der Waals surface area contributed by atoms with Crippen molar-refractivity contribution in [2.75, 3.05) is 0 Å². The molecule has 0 amide bonds. The molecule has 0 unspecified atom stereocenters. The normalized spacial score (nSPS) is 9.83. The highest BCUT2D eigenvalue weighted by Gasteiger charge is 2.07. The number of carbonyl (C=O) groups excluding carboxylic acids is 1. The summed E-state index contributed by atoms with van der Waals surface area (Å²) in [6.07, 6.45) is 1.89. The predicted octanol–water partition coefficient (Wildman–Crippen LogP) is 2.74. The Hall–Kier alpha value is -1.31. The molecule has 0 atom stereocenters. The minimum atomic E-state index is 0.0688. The average Bonchev–Trinajstić information content (AvgIpc) is 2.34. The molecule has 12 heavy (non-hydrogen) atoms. The molecule has 1 aromatic rings. The minimum absolute atomic E-state index is 0.0688. The van der Waals surface area contributed by atoms with E-state index in [1.165, 1.54) is 6.26 Å². The van der Waals surface area contributed by atoms with Crippen LogP contribution in [-0.4, -0.2) is 5.78 Å². The smallest absolute Gasteiger partial charge is 0.170 e. The van der Waals surface area contributed by atoms with Crippen LogP contribution in [0.5, 0.6) is 0 Å². The monoisotopic (exact) mass is 164 g/mol. The Labute approximate surface area is 71.9 Å². The molecule has 0 aliphatic heterocycles. The summed E-state index contributed by atoms with van der Waals surface area (Å²) in [6, 6.07) is 1.74. The van der Waals surface area contributed by atoms with Gasteiger partial charge in [0.15, 0.2) is 5.78 Å². The molecule has 0 bridgehead atoms. The Balaban J connectivity index is 2.72. The van der Waals surface area contributed by atoms with E-state index in [1.807, 2.05) is 13.8 Å². The maximum Gasteiger partial charge on any atom is 0.170 e. The highest BCUT2D eigenvalue weighted by atomic mass is 16.3. The Bertz CT molecular complexity index is 307. The number of carbonyl (C=O) groups is 1. The van der Waals surface area contributed by atoms with Crippen LogP contribution in [0.15, 0.2) is 28.9 Å². The maximum absolute atomic E-state index is 11.3. The first-order valence-electron chi connectivity index (χ1n) is 3.82. The molecule has 0 radical (unpaired) electrons. The molecule has 1 aromatic heterocycles. The zero-order chi connectivity index (χ0) is 9.14. The van der Waals surface area contributed by atoms with Crippen LogP contribution in [0.4, 0.5) is 0 Å². The van der Waals surface area contributed by atoms with Crippen molar-refractivity contribution in [1.29, 1.82) is 0 Å². The van der Waals surface area contributed by atoms with Gasteiger partial charge in [0.05, 0.1) is 5.56 Å². The number of allylic oxidation sites excluding steroid dienone is 1. The van der Waals surface area contributed by atoms with E-state index in [2.05, 4.69) is 6.58 Å². The molecular formula is C10H12O2. The maximum atomic E-state index is 11.3. The second-order valence-corrected chi connectivity index (χ2v) is 3.00.